The van der Waals surface area contributed by atoms with E-state index in [-0.39, 0.29) is 52.8 Å². The van der Waals surface area contributed by atoms with Gasteiger partial charge in [0.2, 0.25) is 0 Å². The van der Waals surface area contributed by atoms with Crippen LogP contribution in [-0.2, 0) is 30.4 Å². The summed E-state index contributed by atoms with van der Waals surface area (Å²) in [6.07, 6.45) is 3.17. The summed E-state index contributed by atoms with van der Waals surface area (Å²) in [4.78, 5) is 74.6. The van der Waals surface area contributed by atoms with Crippen molar-refractivity contribution in [2.45, 2.75) is 34.3 Å². The summed E-state index contributed by atoms with van der Waals surface area (Å²) in [5.41, 5.74) is 5.34. The molecule has 4 heterocycles. The number of carbonyl (C=O) groups excluding carboxylic acids is 5. The van der Waals surface area contributed by atoms with Crippen LogP contribution in [0.5, 0.6) is 0 Å². The van der Waals surface area contributed by atoms with Gasteiger partial charge in [0.25, 0.3) is 11.8 Å². The lowest BCUT2D eigenvalue weighted by molar-refractivity contribution is -0.115. The van der Waals surface area contributed by atoms with E-state index in [1.54, 1.807) is 137 Å². The number of esters is 3. The number of hydrazone groups is 2. The second-order valence-corrected chi connectivity index (χ2v) is 17.2. The number of hydrogen-bond acceptors (Lipinski definition) is 13. The molecule has 0 spiro atoms. The number of halogens is 2. The molecule has 2 aromatic heterocycles. The molecule has 16 nitrogen and oxygen atoms in total. The fourth-order valence-electron chi connectivity index (χ4n) is 7.61. The van der Waals surface area contributed by atoms with E-state index >= 15 is 0 Å². The van der Waals surface area contributed by atoms with E-state index in [2.05, 4.69) is 10.2 Å². The lowest BCUT2D eigenvalue weighted by Gasteiger charge is -2.12. The van der Waals surface area contributed by atoms with Crippen LogP contribution in [0.25, 0.3) is 34.8 Å². The molecule has 0 atom stereocenters. The van der Waals surface area contributed by atoms with Gasteiger partial charge >= 0.3 is 23.9 Å². The molecule has 0 bridgehead atoms. The van der Waals surface area contributed by atoms with E-state index in [1.165, 1.54) is 22.2 Å². The predicted molar refractivity (Wildman–Crippen MR) is 283 cm³/mol. The third-order valence-corrected chi connectivity index (χ3v) is 12.0. The highest BCUT2D eigenvalue weighted by Gasteiger charge is 2.31. The van der Waals surface area contributed by atoms with Crippen molar-refractivity contribution < 1.29 is 56.9 Å². The van der Waals surface area contributed by atoms with Gasteiger partial charge in [-0.1, -0.05) is 65.7 Å². The zero-order valence-corrected chi connectivity index (χ0v) is 42.0. The zero-order valence-electron chi connectivity index (χ0n) is 40.5. The molecule has 2 aliphatic rings. The maximum absolute atomic E-state index is 13.2. The summed E-state index contributed by atoms with van der Waals surface area (Å²) in [6, 6.07) is 38.7. The first kappa shape index (κ1) is 52.2. The van der Waals surface area contributed by atoms with Crippen LogP contribution in [0.4, 0.5) is 11.4 Å². The van der Waals surface area contributed by atoms with Gasteiger partial charge < -0.3 is 28.2 Å². The first-order valence-corrected chi connectivity index (χ1v) is 23.9. The third kappa shape index (κ3) is 12.1. The van der Waals surface area contributed by atoms with Crippen molar-refractivity contribution in [1.29, 1.82) is 0 Å². The smallest absolute Gasteiger partial charge is 0.340 e. The van der Waals surface area contributed by atoms with E-state index in [4.69, 9.17) is 46.2 Å². The van der Waals surface area contributed by atoms with Crippen LogP contribution in [0.2, 0.25) is 10.0 Å². The number of anilines is 2. The number of rotatable bonds is 14. The average molecular weight is 1050 g/mol. The van der Waals surface area contributed by atoms with Gasteiger partial charge in [0.1, 0.15) is 29.6 Å². The number of benzene rings is 5. The number of carboxylic acid groups (broad SMARTS) is 1. The molecule has 9 rings (SSSR count). The minimum Gasteiger partial charge on any atom is -0.478 e. The third-order valence-electron chi connectivity index (χ3n) is 11.3. The fourth-order valence-corrected chi connectivity index (χ4v) is 8.00. The second kappa shape index (κ2) is 23.2. The monoisotopic (exact) mass is 1050 g/mol. The van der Waals surface area contributed by atoms with Crippen molar-refractivity contribution in [3.63, 3.8) is 0 Å². The molecule has 0 saturated carbocycles. The number of amides is 2. The normalized spacial score (nSPS) is 14.1. The maximum atomic E-state index is 13.2. The Kier molecular flexibility index (Phi) is 16.1. The number of carboxylic acids is 1. The van der Waals surface area contributed by atoms with E-state index in [0.717, 1.165) is 5.56 Å². The summed E-state index contributed by atoms with van der Waals surface area (Å²) in [5.74, 6) is -1.69. The second-order valence-electron chi connectivity index (χ2n) is 16.4. The van der Waals surface area contributed by atoms with Gasteiger partial charge in [0, 0.05) is 11.1 Å². The summed E-state index contributed by atoms with van der Waals surface area (Å²) in [7, 11) is 0. The van der Waals surface area contributed by atoms with Crippen LogP contribution in [0.3, 0.4) is 0 Å². The van der Waals surface area contributed by atoms with E-state index in [0.29, 0.717) is 79.2 Å². The topological polar surface area (TPSA) is 208 Å². The number of nitrogens with zero attached hydrogens (tertiary/aromatic N) is 4. The summed E-state index contributed by atoms with van der Waals surface area (Å²) >= 11 is 12.2. The van der Waals surface area contributed by atoms with Gasteiger partial charge in [-0.25, -0.2) is 19.2 Å². The molecule has 2 amide bonds. The van der Waals surface area contributed by atoms with Gasteiger partial charge in [0.05, 0.1) is 79.5 Å². The highest BCUT2D eigenvalue weighted by molar-refractivity contribution is 6.35. The van der Waals surface area contributed by atoms with Crippen LogP contribution < -0.4 is 10.0 Å². The Hall–Kier alpha value is -9.12. The Morgan fingerprint density at radius 2 is 1.03 bits per heavy atom. The number of ether oxygens (including phenoxy) is 3. The summed E-state index contributed by atoms with van der Waals surface area (Å²) in [5, 5.41) is 20.8. The van der Waals surface area contributed by atoms with Gasteiger partial charge in [-0.05, 0) is 142 Å². The van der Waals surface area contributed by atoms with Crippen LogP contribution in [0.15, 0.2) is 170 Å². The van der Waals surface area contributed by atoms with Crippen LogP contribution in [0.1, 0.15) is 86.2 Å². The maximum Gasteiger partial charge on any atom is 0.340 e. The van der Waals surface area contributed by atoms with Crippen molar-refractivity contribution in [3.05, 3.63) is 200 Å². The SMILES string of the molecule is CCOC(=O)c1cccc(N2N=C(C)/C(=C/c3ccc(-c4ccc(Cl)c(C(=O)O)c4)o3)C2=O)c1.CCOC(=O)c1cccc(N2N=C(C)/C(=C/c3ccc(-c4ccc(Cl)c(C(=O)OCc5ccccc5)c4)o3)C2=O)c1. The van der Waals surface area contributed by atoms with Crippen LogP contribution >= 0.6 is 23.2 Å². The van der Waals surface area contributed by atoms with E-state index < -0.39 is 23.9 Å². The molecule has 0 unspecified atom stereocenters. The summed E-state index contributed by atoms with van der Waals surface area (Å²) < 4.78 is 27.3. The standard InChI is InChI=1S/C32H25ClN2O6.C25H19ClN2O6/c1-3-39-31(37)23-10-7-11-24(16-23)35-30(36)26(20(2)34-35)18-25-13-15-29(41-25)22-12-14-28(33)27(17-22)32(38)40-19-21-8-5-4-6-9-21;1-3-33-25(32)16-5-4-6-17(11-16)28-23(29)19(14(2)27-28)13-18-8-10-22(34-18)15-7-9-21(26)20(12-15)24(30)31/h4-18H,3,19H2,1-2H3;4-13H,3H2,1-2H3,(H,30,31)/b26-18-;19-13-. The number of furan rings is 2. The Morgan fingerprint density at radius 3 is 1.49 bits per heavy atom. The van der Waals surface area contributed by atoms with Crippen LogP contribution in [-0.4, -0.2) is 65.4 Å². The Morgan fingerprint density at radius 1 is 0.560 bits per heavy atom. The molecule has 1 N–H and O–H groups in total. The van der Waals surface area contributed by atoms with Gasteiger partial charge in [-0.3, -0.25) is 9.59 Å². The van der Waals surface area contributed by atoms with Crippen molar-refractivity contribution >= 4 is 93.8 Å². The minimum absolute atomic E-state index is 0.0369. The molecule has 378 valence electrons. The summed E-state index contributed by atoms with van der Waals surface area (Å²) in [6.45, 7) is 7.47. The van der Waals surface area contributed by atoms with Crippen LogP contribution in [0, 0.1) is 0 Å². The van der Waals surface area contributed by atoms with Crippen molar-refractivity contribution in [1.82, 2.24) is 0 Å². The van der Waals surface area contributed by atoms with Gasteiger partial charge in [-0.2, -0.15) is 20.2 Å². The minimum atomic E-state index is -1.14. The average Bonchev–Trinajstić information content (AvgIpc) is 4.21. The van der Waals surface area contributed by atoms with Crippen molar-refractivity contribution in [2.24, 2.45) is 10.2 Å². The highest BCUT2D eigenvalue weighted by atomic mass is 35.5. The molecule has 7 aromatic rings. The van der Waals surface area contributed by atoms with Gasteiger partial charge in [-0.15, -0.1) is 0 Å². The molecule has 2 aliphatic heterocycles. The number of aromatic carboxylic acids is 1. The highest BCUT2D eigenvalue weighted by Crippen LogP contribution is 2.33. The zero-order chi connectivity index (χ0) is 53.3. The molecule has 0 saturated heterocycles. The molecule has 0 fully saturated rings. The molecule has 18 heteroatoms. The lowest BCUT2D eigenvalue weighted by atomic mass is 10.1. The lowest BCUT2D eigenvalue weighted by Crippen LogP contribution is -2.21. The first-order chi connectivity index (χ1) is 36.1. The Labute approximate surface area is 439 Å². The molecular weight excluding hydrogens is 1000 g/mol. The predicted octanol–water partition coefficient (Wildman–Crippen LogP) is 12.2. The van der Waals surface area contributed by atoms with Gasteiger partial charge in [0.15, 0.2) is 0 Å². The van der Waals surface area contributed by atoms with E-state index in [9.17, 15) is 33.9 Å². The quantitative estimate of drug-likeness (QED) is 0.0613. The molecule has 0 radical (unpaired) electrons. The molecule has 75 heavy (non-hydrogen) atoms. The fraction of sp³-hybridized carbons (Fsp3) is 0.123. The Bertz CT molecular complexity index is 3520. The Balaban J connectivity index is 0.000000203. The molecule has 5 aromatic carbocycles. The number of carbonyl (C=O) groups is 6. The molecular formula is C57H44Cl2N4O12. The number of hydrogen-bond donors (Lipinski definition) is 1. The largest absolute Gasteiger partial charge is 0.478 e. The molecule has 0 aliphatic carbocycles. The van der Waals surface area contributed by atoms with Crippen molar-refractivity contribution in [3.8, 4) is 22.6 Å². The van der Waals surface area contributed by atoms with E-state index in [1.807, 2.05) is 30.3 Å². The van der Waals surface area contributed by atoms with Crippen molar-refractivity contribution in [2.75, 3.05) is 23.2 Å². The first-order valence-electron chi connectivity index (χ1n) is 23.1.